The first-order chi connectivity index (χ1) is 14.5. The third-order valence-corrected chi connectivity index (χ3v) is 7.89. The number of guanidine groups is 1. The van der Waals surface area contributed by atoms with Crippen molar-refractivity contribution in [1.82, 2.24) is 14.9 Å². The van der Waals surface area contributed by atoms with E-state index in [2.05, 4.69) is 15.6 Å². The zero-order valence-corrected chi connectivity index (χ0v) is 18.6. The van der Waals surface area contributed by atoms with Gasteiger partial charge in [0.05, 0.1) is 11.5 Å². The summed E-state index contributed by atoms with van der Waals surface area (Å²) < 4.78 is 33.0. The van der Waals surface area contributed by atoms with Crippen molar-refractivity contribution in [2.45, 2.75) is 43.5 Å². The standard InChI is InChI=1S/C21H34N4O4S/c1-22-20(24-16-21(8-12-26)9-13-29-17-21)23-15-18-6-5-7-19(14-18)30(27,28)25-10-3-2-4-11-25/h5-7,14,26H,2-4,8-13,15-17H2,1H3,(H2,22,23,24). The number of benzene rings is 1. The van der Waals surface area contributed by atoms with Crippen molar-refractivity contribution in [2.75, 3.05) is 46.5 Å². The molecule has 1 atom stereocenters. The van der Waals surface area contributed by atoms with Crippen molar-refractivity contribution in [1.29, 1.82) is 0 Å². The van der Waals surface area contributed by atoms with Gasteiger partial charge in [-0.1, -0.05) is 18.6 Å². The number of aliphatic hydroxyl groups excluding tert-OH is 1. The maximum absolute atomic E-state index is 12.9. The van der Waals surface area contributed by atoms with Crippen LogP contribution < -0.4 is 10.6 Å². The average Bonchev–Trinajstić information content (AvgIpc) is 3.23. The number of hydrogen-bond acceptors (Lipinski definition) is 5. The molecule has 168 valence electrons. The Morgan fingerprint density at radius 3 is 2.73 bits per heavy atom. The predicted molar refractivity (Wildman–Crippen MR) is 117 cm³/mol. The number of rotatable bonds is 8. The quantitative estimate of drug-likeness (QED) is 0.418. The van der Waals surface area contributed by atoms with Gasteiger partial charge in [-0.25, -0.2) is 8.42 Å². The molecular formula is C21H34N4O4S. The van der Waals surface area contributed by atoms with Gasteiger partial charge in [0.15, 0.2) is 5.96 Å². The molecule has 1 aromatic carbocycles. The number of sulfonamides is 1. The molecule has 3 rings (SSSR count). The fourth-order valence-electron chi connectivity index (χ4n) is 4.06. The van der Waals surface area contributed by atoms with Gasteiger partial charge in [0.1, 0.15) is 0 Å². The molecule has 30 heavy (non-hydrogen) atoms. The van der Waals surface area contributed by atoms with Crippen molar-refractivity contribution in [2.24, 2.45) is 10.4 Å². The number of ether oxygens (including phenoxy) is 1. The Bertz CT molecular complexity index is 816. The normalized spacial score (nSPS) is 23.5. The monoisotopic (exact) mass is 438 g/mol. The van der Waals surface area contributed by atoms with Crippen LogP contribution in [0.25, 0.3) is 0 Å². The van der Waals surface area contributed by atoms with Crippen molar-refractivity contribution in [3.63, 3.8) is 0 Å². The Kier molecular flexibility index (Phi) is 8.10. The maximum Gasteiger partial charge on any atom is 0.243 e. The first-order valence-electron chi connectivity index (χ1n) is 10.7. The lowest BCUT2D eigenvalue weighted by atomic mass is 9.84. The van der Waals surface area contributed by atoms with Crippen LogP contribution in [-0.4, -0.2) is 70.3 Å². The van der Waals surface area contributed by atoms with Gasteiger partial charge in [0.2, 0.25) is 10.0 Å². The lowest BCUT2D eigenvalue weighted by Crippen LogP contribution is -2.44. The number of aliphatic hydroxyl groups is 1. The van der Waals surface area contributed by atoms with Crippen molar-refractivity contribution < 1.29 is 18.3 Å². The average molecular weight is 439 g/mol. The van der Waals surface area contributed by atoms with Gasteiger partial charge in [0.25, 0.3) is 0 Å². The Morgan fingerprint density at radius 2 is 2.07 bits per heavy atom. The van der Waals surface area contributed by atoms with Gasteiger partial charge in [-0.05, 0) is 43.4 Å². The van der Waals surface area contributed by atoms with Crippen molar-refractivity contribution >= 4 is 16.0 Å². The molecule has 2 saturated heterocycles. The number of hydrogen-bond donors (Lipinski definition) is 3. The minimum Gasteiger partial charge on any atom is -0.396 e. The molecule has 1 unspecified atom stereocenters. The summed E-state index contributed by atoms with van der Waals surface area (Å²) in [7, 11) is -1.74. The number of piperidine rings is 1. The summed E-state index contributed by atoms with van der Waals surface area (Å²) in [5.74, 6) is 0.642. The molecule has 0 spiro atoms. The molecule has 3 N–H and O–H groups in total. The van der Waals surface area contributed by atoms with Crippen LogP contribution in [-0.2, 0) is 21.3 Å². The molecule has 0 radical (unpaired) electrons. The summed E-state index contributed by atoms with van der Waals surface area (Å²) in [6, 6.07) is 7.10. The van der Waals surface area contributed by atoms with Gasteiger partial charge in [-0.2, -0.15) is 4.31 Å². The summed E-state index contributed by atoms with van der Waals surface area (Å²) in [6.45, 7) is 3.81. The summed E-state index contributed by atoms with van der Waals surface area (Å²) in [4.78, 5) is 4.61. The summed E-state index contributed by atoms with van der Waals surface area (Å²) in [5.41, 5.74) is 0.805. The highest BCUT2D eigenvalue weighted by atomic mass is 32.2. The number of nitrogens with zero attached hydrogens (tertiary/aromatic N) is 2. The second-order valence-electron chi connectivity index (χ2n) is 8.17. The largest absolute Gasteiger partial charge is 0.396 e. The number of nitrogens with one attached hydrogen (secondary N) is 2. The van der Waals surface area contributed by atoms with E-state index in [9.17, 15) is 13.5 Å². The molecule has 0 aromatic heterocycles. The summed E-state index contributed by atoms with van der Waals surface area (Å²) >= 11 is 0. The zero-order valence-electron chi connectivity index (χ0n) is 17.8. The smallest absolute Gasteiger partial charge is 0.243 e. The Balaban J connectivity index is 1.59. The highest BCUT2D eigenvalue weighted by Gasteiger charge is 2.34. The molecule has 9 heteroatoms. The number of aliphatic imine (C=N–C) groups is 1. The topological polar surface area (TPSA) is 103 Å². The molecule has 1 aromatic rings. The lowest BCUT2D eigenvalue weighted by molar-refractivity contribution is 0.127. The maximum atomic E-state index is 12.9. The Labute approximate surface area is 179 Å². The van der Waals surface area contributed by atoms with Gasteiger partial charge >= 0.3 is 0 Å². The van der Waals surface area contributed by atoms with Gasteiger partial charge in [-0.15, -0.1) is 0 Å². The minimum atomic E-state index is -3.44. The van der Waals surface area contributed by atoms with E-state index in [-0.39, 0.29) is 12.0 Å². The van der Waals surface area contributed by atoms with E-state index in [0.717, 1.165) is 31.2 Å². The van der Waals surface area contributed by atoms with E-state index in [1.807, 2.05) is 6.07 Å². The zero-order chi connectivity index (χ0) is 21.5. The third kappa shape index (κ3) is 5.72. The fraction of sp³-hybridized carbons (Fsp3) is 0.667. The predicted octanol–water partition coefficient (Wildman–Crippen LogP) is 1.32. The molecule has 0 saturated carbocycles. The molecule has 0 bridgehead atoms. The molecule has 8 nitrogen and oxygen atoms in total. The van der Waals surface area contributed by atoms with Crippen LogP contribution in [0.3, 0.4) is 0 Å². The van der Waals surface area contributed by atoms with Gasteiger partial charge in [-0.3, -0.25) is 4.99 Å². The van der Waals surface area contributed by atoms with E-state index >= 15 is 0 Å². The fourth-order valence-corrected chi connectivity index (χ4v) is 5.65. The van der Waals surface area contributed by atoms with Crippen LogP contribution in [0.15, 0.2) is 34.2 Å². The minimum absolute atomic E-state index is 0.0746. The Hall–Kier alpha value is -1.68. The molecule has 0 amide bonds. The van der Waals surface area contributed by atoms with E-state index in [4.69, 9.17) is 4.74 Å². The first-order valence-corrected chi connectivity index (χ1v) is 12.2. The molecule has 2 fully saturated rings. The SMILES string of the molecule is CN=C(NCc1cccc(S(=O)(=O)N2CCCCC2)c1)NCC1(CCO)CCOC1. The highest BCUT2D eigenvalue weighted by Crippen LogP contribution is 2.31. The van der Waals surface area contributed by atoms with Crippen LogP contribution in [0.5, 0.6) is 0 Å². The first kappa shape index (κ1) is 23.0. The third-order valence-electron chi connectivity index (χ3n) is 5.99. The molecule has 2 aliphatic rings. The molecule has 2 aliphatic heterocycles. The molecule has 0 aliphatic carbocycles. The molecule has 2 heterocycles. The van der Waals surface area contributed by atoms with E-state index in [1.54, 1.807) is 29.6 Å². The Morgan fingerprint density at radius 1 is 1.27 bits per heavy atom. The van der Waals surface area contributed by atoms with E-state index in [1.165, 1.54) is 0 Å². The lowest BCUT2D eigenvalue weighted by Gasteiger charge is -2.27. The molecular weight excluding hydrogens is 404 g/mol. The van der Waals surface area contributed by atoms with Crippen molar-refractivity contribution in [3.05, 3.63) is 29.8 Å². The summed E-state index contributed by atoms with van der Waals surface area (Å²) in [6.07, 6.45) is 4.53. The van der Waals surface area contributed by atoms with Crippen LogP contribution in [0, 0.1) is 5.41 Å². The summed E-state index contributed by atoms with van der Waals surface area (Å²) in [5, 5.41) is 15.9. The van der Waals surface area contributed by atoms with Crippen molar-refractivity contribution in [3.8, 4) is 0 Å². The van der Waals surface area contributed by atoms with Gasteiger partial charge < -0.3 is 20.5 Å². The second-order valence-corrected chi connectivity index (χ2v) is 10.1. The van der Waals surface area contributed by atoms with E-state index in [0.29, 0.717) is 56.7 Å². The van der Waals surface area contributed by atoms with Crippen LogP contribution in [0.1, 0.15) is 37.7 Å². The van der Waals surface area contributed by atoms with Crippen LogP contribution >= 0.6 is 0 Å². The van der Waals surface area contributed by atoms with E-state index < -0.39 is 10.0 Å². The van der Waals surface area contributed by atoms with Crippen LogP contribution in [0.2, 0.25) is 0 Å². The highest BCUT2D eigenvalue weighted by molar-refractivity contribution is 7.89. The van der Waals surface area contributed by atoms with Gasteiger partial charge in [0, 0.05) is 51.9 Å². The second kappa shape index (κ2) is 10.6. The van der Waals surface area contributed by atoms with Crippen LogP contribution in [0.4, 0.5) is 0 Å².